The number of hydrogen-bond acceptors (Lipinski definition) is 4. The minimum absolute atomic E-state index is 0.166. The number of rotatable bonds is 2. The average molecular weight is 213 g/mol. The molecule has 1 heterocycles. The predicted molar refractivity (Wildman–Crippen MR) is 53.1 cm³/mol. The maximum Gasteiger partial charge on any atom is 0.417 e. The zero-order valence-corrected chi connectivity index (χ0v) is 8.82. The Morgan fingerprint density at radius 2 is 1.80 bits per heavy atom. The first-order valence-electron chi connectivity index (χ1n) is 4.89. The Bertz CT molecular complexity index is 269. The monoisotopic (exact) mass is 213 g/mol. The second kappa shape index (κ2) is 5.38. The summed E-state index contributed by atoms with van der Waals surface area (Å²) < 4.78 is 9.13. The molecule has 0 atom stereocenters. The lowest BCUT2D eigenvalue weighted by Gasteiger charge is -2.25. The van der Waals surface area contributed by atoms with Crippen molar-refractivity contribution in [3.8, 4) is 0 Å². The summed E-state index contributed by atoms with van der Waals surface area (Å²) >= 11 is 0. The van der Waals surface area contributed by atoms with Gasteiger partial charge in [-0.15, -0.1) is 0 Å². The summed E-state index contributed by atoms with van der Waals surface area (Å²) in [6.07, 6.45) is 2.41. The average Bonchev–Trinajstić information content (AvgIpc) is 2.29. The maximum absolute atomic E-state index is 11.4. The summed E-state index contributed by atoms with van der Waals surface area (Å²) in [6, 6.07) is 0. The van der Waals surface area contributed by atoms with Crippen molar-refractivity contribution in [2.45, 2.75) is 19.3 Å². The van der Waals surface area contributed by atoms with Gasteiger partial charge in [0.15, 0.2) is 5.76 Å². The van der Waals surface area contributed by atoms with Crippen LogP contribution in [0.3, 0.4) is 0 Å². The van der Waals surface area contributed by atoms with Crippen molar-refractivity contribution in [2.24, 2.45) is 0 Å². The fourth-order valence-electron chi connectivity index (χ4n) is 1.36. The molecule has 1 amide bonds. The lowest BCUT2D eigenvalue weighted by molar-refractivity contribution is -0.137. The highest BCUT2D eigenvalue weighted by Gasteiger charge is 2.22. The molecular weight excluding hydrogens is 198 g/mol. The third kappa shape index (κ3) is 3.27. The summed E-state index contributed by atoms with van der Waals surface area (Å²) in [5.41, 5.74) is 0. The van der Waals surface area contributed by atoms with E-state index in [2.05, 4.69) is 16.1 Å². The van der Waals surface area contributed by atoms with Gasteiger partial charge >= 0.3 is 12.1 Å². The Hall–Kier alpha value is -1.52. The van der Waals surface area contributed by atoms with Gasteiger partial charge in [-0.25, -0.2) is 9.59 Å². The summed E-state index contributed by atoms with van der Waals surface area (Å²) in [4.78, 5) is 24.1. The van der Waals surface area contributed by atoms with Crippen LogP contribution in [0.4, 0.5) is 4.79 Å². The van der Waals surface area contributed by atoms with Gasteiger partial charge in [0.1, 0.15) is 0 Å². The van der Waals surface area contributed by atoms with E-state index in [4.69, 9.17) is 0 Å². The molecule has 1 aliphatic heterocycles. The molecule has 0 bridgehead atoms. The molecule has 0 unspecified atom stereocenters. The third-order valence-electron chi connectivity index (χ3n) is 2.27. The van der Waals surface area contributed by atoms with E-state index in [1.807, 2.05) is 0 Å². The second-order valence-electron chi connectivity index (χ2n) is 3.33. The number of amides is 1. The van der Waals surface area contributed by atoms with Gasteiger partial charge in [-0.1, -0.05) is 0 Å². The van der Waals surface area contributed by atoms with Crippen molar-refractivity contribution in [1.29, 1.82) is 0 Å². The number of carbonyl (C=O) groups excluding carboxylic acids is 2. The molecule has 0 radical (unpaired) electrons. The van der Waals surface area contributed by atoms with Crippen LogP contribution in [0.5, 0.6) is 0 Å². The molecule has 0 spiro atoms. The first kappa shape index (κ1) is 11.6. The number of likely N-dealkylation sites (tertiary alicyclic amines) is 1. The van der Waals surface area contributed by atoms with Crippen LogP contribution in [0.15, 0.2) is 12.3 Å². The molecule has 1 saturated heterocycles. The first-order valence-corrected chi connectivity index (χ1v) is 4.89. The van der Waals surface area contributed by atoms with E-state index in [0.717, 1.165) is 19.3 Å². The predicted octanol–water partition coefficient (Wildman–Crippen LogP) is 1.30. The minimum atomic E-state index is -0.826. The fourth-order valence-corrected chi connectivity index (χ4v) is 1.36. The molecule has 5 heteroatoms. The summed E-state index contributed by atoms with van der Waals surface area (Å²) in [5, 5.41) is 0. The van der Waals surface area contributed by atoms with Gasteiger partial charge in [-0.2, -0.15) is 0 Å². The van der Waals surface area contributed by atoms with Crippen molar-refractivity contribution in [3.63, 3.8) is 0 Å². The molecule has 1 fully saturated rings. The summed E-state index contributed by atoms with van der Waals surface area (Å²) in [6.45, 7) is 4.59. The highest BCUT2D eigenvalue weighted by molar-refractivity contribution is 5.93. The van der Waals surface area contributed by atoms with Crippen molar-refractivity contribution in [1.82, 2.24) is 4.90 Å². The van der Waals surface area contributed by atoms with Crippen molar-refractivity contribution in [3.05, 3.63) is 12.3 Å². The van der Waals surface area contributed by atoms with Crippen molar-refractivity contribution >= 4 is 12.1 Å². The molecule has 15 heavy (non-hydrogen) atoms. The molecule has 0 aromatic carbocycles. The van der Waals surface area contributed by atoms with Gasteiger partial charge in [0.05, 0.1) is 7.11 Å². The van der Waals surface area contributed by atoms with E-state index in [-0.39, 0.29) is 5.76 Å². The molecular formula is C10H15NO4. The minimum Gasteiger partial charge on any atom is -0.490 e. The SMILES string of the molecule is C=C(OC)C(=O)OC(=O)N1CCCCC1. The van der Waals surface area contributed by atoms with E-state index in [0.29, 0.717) is 13.1 Å². The Balaban J connectivity index is 2.40. The quantitative estimate of drug-likeness (QED) is 0.300. The van der Waals surface area contributed by atoms with E-state index in [1.165, 1.54) is 12.0 Å². The smallest absolute Gasteiger partial charge is 0.417 e. The zero-order chi connectivity index (χ0) is 11.3. The number of ether oxygens (including phenoxy) is 2. The molecule has 0 aromatic heterocycles. The third-order valence-corrected chi connectivity index (χ3v) is 2.27. The molecule has 84 valence electrons. The highest BCUT2D eigenvalue weighted by atomic mass is 16.6. The van der Waals surface area contributed by atoms with Gasteiger partial charge in [0, 0.05) is 13.1 Å². The van der Waals surface area contributed by atoms with Gasteiger partial charge < -0.3 is 14.4 Å². The van der Waals surface area contributed by atoms with Crippen LogP contribution < -0.4 is 0 Å². The molecule has 1 rings (SSSR count). The number of carbonyl (C=O) groups is 2. The number of methoxy groups -OCH3 is 1. The zero-order valence-electron chi connectivity index (χ0n) is 8.82. The van der Waals surface area contributed by atoms with Gasteiger partial charge in [-0.05, 0) is 25.8 Å². The van der Waals surface area contributed by atoms with Crippen LogP contribution in [-0.4, -0.2) is 37.2 Å². The standard InChI is InChI=1S/C10H15NO4/c1-8(14-2)9(12)15-10(13)11-6-4-3-5-7-11/h1,3-7H2,2H3. The molecule has 0 aliphatic carbocycles. The van der Waals surface area contributed by atoms with Gasteiger partial charge in [0.25, 0.3) is 0 Å². The second-order valence-corrected chi connectivity index (χ2v) is 3.33. The molecule has 0 saturated carbocycles. The van der Waals surface area contributed by atoms with Crippen LogP contribution in [-0.2, 0) is 14.3 Å². The Labute approximate surface area is 88.6 Å². The molecule has 5 nitrogen and oxygen atoms in total. The first-order chi connectivity index (χ1) is 7.15. The normalized spacial score (nSPS) is 15.7. The molecule has 1 aliphatic rings. The van der Waals surface area contributed by atoms with E-state index < -0.39 is 12.1 Å². The largest absolute Gasteiger partial charge is 0.490 e. The molecule has 0 aromatic rings. The van der Waals surface area contributed by atoms with Crippen molar-refractivity contribution < 1.29 is 19.1 Å². The number of nitrogens with zero attached hydrogens (tertiary/aromatic N) is 1. The summed E-state index contributed by atoms with van der Waals surface area (Å²) in [5.74, 6) is -0.992. The highest BCUT2D eigenvalue weighted by Crippen LogP contribution is 2.10. The van der Waals surface area contributed by atoms with Gasteiger partial charge in [0.2, 0.25) is 0 Å². The van der Waals surface area contributed by atoms with Gasteiger partial charge in [-0.3, -0.25) is 0 Å². The fraction of sp³-hybridized carbons (Fsp3) is 0.600. The van der Waals surface area contributed by atoms with Crippen molar-refractivity contribution in [2.75, 3.05) is 20.2 Å². The maximum atomic E-state index is 11.4. The van der Waals surface area contributed by atoms with Crippen LogP contribution in [0.1, 0.15) is 19.3 Å². The molecule has 0 N–H and O–H groups in total. The topological polar surface area (TPSA) is 55.8 Å². The van der Waals surface area contributed by atoms with E-state index in [1.54, 1.807) is 0 Å². The summed E-state index contributed by atoms with van der Waals surface area (Å²) in [7, 11) is 1.30. The number of piperidine rings is 1. The van der Waals surface area contributed by atoms with E-state index in [9.17, 15) is 9.59 Å². The lowest BCUT2D eigenvalue weighted by atomic mass is 10.1. The van der Waals surface area contributed by atoms with Crippen LogP contribution in [0.2, 0.25) is 0 Å². The van der Waals surface area contributed by atoms with Crippen LogP contribution in [0.25, 0.3) is 0 Å². The number of hydrogen-bond donors (Lipinski definition) is 0. The van der Waals surface area contributed by atoms with E-state index >= 15 is 0 Å². The lowest BCUT2D eigenvalue weighted by Crippen LogP contribution is -2.37. The Morgan fingerprint density at radius 3 is 2.33 bits per heavy atom. The van der Waals surface area contributed by atoms with Crippen LogP contribution in [0, 0.1) is 0 Å². The Morgan fingerprint density at radius 1 is 1.20 bits per heavy atom. The number of esters is 1. The Kier molecular flexibility index (Phi) is 4.15. The van der Waals surface area contributed by atoms with Crippen LogP contribution >= 0.6 is 0 Å².